The van der Waals surface area contributed by atoms with Gasteiger partial charge in [0.2, 0.25) is 0 Å². The lowest BCUT2D eigenvalue weighted by Crippen LogP contribution is -2.20. The predicted octanol–water partition coefficient (Wildman–Crippen LogP) is 3.37. The third kappa shape index (κ3) is 4.36. The van der Waals surface area contributed by atoms with Crippen LogP contribution in [0, 0.1) is 0 Å². The minimum absolute atomic E-state index is 0.634. The van der Waals surface area contributed by atoms with Crippen LogP contribution in [0.4, 0.5) is 0 Å². The first kappa shape index (κ1) is 12.7. The number of hydrogen-bond donors (Lipinski definition) is 1. The molecule has 0 bridgehead atoms. The summed E-state index contributed by atoms with van der Waals surface area (Å²) in [6, 6.07) is 5.87. The van der Waals surface area contributed by atoms with Crippen LogP contribution in [-0.4, -0.2) is 19.7 Å². The normalized spacial score (nSPS) is 10.0. The zero-order valence-electron chi connectivity index (χ0n) is 8.30. The summed E-state index contributed by atoms with van der Waals surface area (Å²) in [4.78, 5) is 0. The lowest BCUT2D eigenvalue weighted by molar-refractivity contribution is 0.312. The first-order chi connectivity index (χ1) is 7.25. The lowest BCUT2D eigenvalue weighted by Gasteiger charge is -2.09. The number of nitrogens with one attached hydrogen (secondary N) is 1. The van der Waals surface area contributed by atoms with Crippen LogP contribution in [0.3, 0.4) is 0 Å². The standard InChI is InChI=1S/C11H13Br2NO/c1-2-6-14-7-8-15-11-9(12)4-3-5-10(11)13/h2-5,14H,1,6-8H2. The number of halogens is 2. The van der Waals surface area contributed by atoms with E-state index in [0.29, 0.717) is 6.61 Å². The van der Waals surface area contributed by atoms with Crippen LogP contribution in [0.5, 0.6) is 5.75 Å². The van der Waals surface area contributed by atoms with Gasteiger partial charge in [-0.1, -0.05) is 12.1 Å². The molecule has 0 radical (unpaired) electrons. The summed E-state index contributed by atoms with van der Waals surface area (Å²) in [6.45, 7) is 5.87. The first-order valence-electron chi connectivity index (χ1n) is 4.64. The molecule has 0 fully saturated rings. The summed E-state index contributed by atoms with van der Waals surface area (Å²) in [6.07, 6.45) is 1.83. The van der Waals surface area contributed by atoms with Crippen molar-refractivity contribution in [2.75, 3.05) is 19.7 Å². The third-order valence-electron chi connectivity index (χ3n) is 1.73. The Morgan fingerprint density at radius 1 is 1.33 bits per heavy atom. The van der Waals surface area contributed by atoms with E-state index in [9.17, 15) is 0 Å². The topological polar surface area (TPSA) is 21.3 Å². The summed E-state index contributed by atoms with van der Waals surface area (Å²) in [5.74, 6) is 0.845. The maximum atomic E-state index is 5.62. The molecular weight excluding hydrogens is 322 g/mol. The highest BCUT2D eigenvalue weighted by molar-refractivity contribution is 9.11. The molecule has 1 aromatic carbocycles. The molecule has 1 N–H and O–H groups in total. The molecule has 4 heteroatoms. The number of rotatable bonds is 6. The second kappa shape index (κ2) is 7.04. The van der Waals surface area contributed by atoms with E-state index in [0.717, 1.165) is 27.8 Å². The molecule has 0 saturated carbocycles. The monoisotopic (exact) mass is 333 g/mol. The molecule has 82 valence electrons. The quantitative estimate of drug-likeness (QED) is 0.636. The van der Waals surface area contributed by atoms with E-state index in [-0.39, 0.29) is 0 Å². The van der Waals surface area contributed by atoms with Crippen LogP contribution in [0.1, 0.15) is 0 Å². The average molecular weight is 335 g/mol. The van der Waals surface area contributed by atoms with Crippen molar-refractivity contribution in [2.45, 2.75) is 0 Å². The number of hydrogen-bond acceptors (Lipinski definition) is 2. The van der Waals surface area contributed by atoms with Crippen molar-refractivity contribution in [3.05, 3.63) is 39.8 Å². The van der Waals surface area contributed by atoms with Gasteiger partial charge in [-0.05, 0) is 44.0 Å². The molecule has 2 nitrogen and oxygen atoms in total. The molecular formula is C11H13Br2NO. The zero-order chi connectivity index (χ0) is 11.1. The fraction of sp³-hybridized carbons (Fsp3) is 0.273. The van der Waals surface area contributed by atoms with Gasteiger partial charge in [0.15, 0.2) is 0 Å². The number of para-hydroxylation sites is 1. The van der Waals surface area contributed by atoms with Crippen molar-refractivity contribution >= 4 is 31.9 Å². The van der Waals surface area contributed by atoms with E-state index in [4.69, 9.17) is 4.74 Å². The molecule has 0 aromatic heterocycles. The maximum absolute atomic E-state index is 5.62. The third-order valence-corrected chi connectivity index (χ3v) is 2.98. The second-order valence-corrected chi connectivity index (χ2v) is 4.60. The van der Waals surface area contributed by atoms with Gasteiger partial charge in [0.05, 0.1) is 8.95 Å². The highest BCUT2D eigenvalue weighted by Gasteiger charge is 2.04. The molecule has 0 unspecified atom stereocenters. The Morgan fingerprint density at radius 2 is 2.00 bits per heavy atom. The van der Waals surface area contributed by atoms with Crippen molar-refractivity contribution in [3.63, 3.8) is 0 Å². The lowest BCUT2D eigenvalue weighted by atomic mass is 10.3. The highest BCUT2D eigenvalue weighted by Crippen LogP contribution is 2.32. The van der Waals surface area contributed by atoms with Crippen LogP contribution in [0.25, 0.3) is 0 Å². The second-order valence-electron chi connectivity index (χ2n) is 2.89. The smallest absolute Gasteiger partial charge is 0.147 e. The molecule has 0 aliphatic rings. The van der Waals surface area contributed by atoms with Crippen LogP contribution >= 0.6 is 31.9 Å². The maximum Gasteiger partial charge on any atom is 0.147 e. The number of ether oxygens (including phenoxy) is 1. The van der Waals surface area contributed by atoms with Gasteiger partial charge >= 0.3 is 0 Å². The van der Waals surface area contributed by atoms with Crippen molar-refractivity contribution in [3.8, 4) is 5.75 Å². The van der Waals surface area contributed by atoms with Gasteiger partial charge in [0, 0.05) is 13.1 Å². The molecule has 15 heavy (non-hydrogen) atoms. The minimum Gasteiger partial charge on any atom is -0.490 e. The van der Waals surface area contributed by atoms with Crippen LogP contribution in [0.2, 0.25) is 0 Å². The number of benzene rings is 1. The Balaban J connectivity index is 2.40. The summed E-state index contributed by atoms with van der Waals surface area (Å²) in [5, 5.41) is 3.17. The molecule has 0 amide bonds. The Hall–Kier alpha value is -0.320. The minimum atomic E-state index is 0.634. The summed E-state index contributed by atoms with van der Waals surface area (Å²) in [7, 11) is 0. The van der Waals surface area contributed by atoms with Crippen molar-refractivity contribution < 1.29 is 4.74 Å². The summed E-state index contributed by atoms with van der Waals surface area (Å²) >= 11 is 6.88. The first-order valence-corrected chi connectivity index (χ1v) is 6.22. The molecule has 0 saturated heterocycles. The Kier molecular flexibility index (Phi) is 5.98. The molecule has 0 aliphatic heterocycles. The van der Waals surface area contributed by atoms with E-state index in [2.05, 4.69) is 43.8 Å². The highest BCUT2D eigenvalue weighted by atomic mass is 79.9. The fourth-order valence-corrected chi connectivity index (χ4v) is 2.28. The SMILES string of the molecule is C=CCNCCOc1c(Br)cccc1Br. The molecule has 0 heterocycles. The van der Waals surface area contributed by atoms with E-state index in [1.165, 1.54) is 0 Å². The molecule has 1 aromatic rings. The molecule has 0 spiro atoms. The van der Waals surface area contributed by atoms with Crippen molar-refractivity contribution in [2.24, 2.45) is 0 Å². The van der Waals surface area contributed by atoms with E-state index in [1.54, 1.807) is 0 Å². The molecule has 0 aliphatic carbocycles. The fourth-order valence-electron chi connectivity index (χ4n) is 1.05. The van der Waals surface area contributed by atoms with E-state index < -0.39 is 0 Å². The van der Waals surface area contributed by atoms with E-state index in [1.807, 2.05) is 24.3 Å². The van der Waals surface area contributed by atoms with Crippen molar-refractivity contribution in [1.82, 2.24) is 5.32 Å². The van der Waals surface area contributed by atoms with Crippen LogP contribution < -0.4 is 10.1 Å². The van der Waals surface area contributed by atoms with Gasteiger partial charge in [-0.25, -0.2) is 0 Å². The van der Waals surface area contributed by atoms with Gasteiger partial charge < -0.3 is 10.1 Å². The van der Waals surface area contributed by atoms with Crippen molar-refractivity contribution in [1.29, 1.82) is 0 Å². The van der Waals surface area contributed by atoms with Crippen LogP contribution in [-0.2, 0) is 0 Å². The zero-order valence-corrected chi connectivity index (χ0v) is 11.5. The largest absolute Gasteiger partial charge is 0.490 e. The predicted molar refractivity (Wildman–Crippen MR) is 70.4 cm³/mol. The Bertz CT molecular complexity index is 308. The average Bonchev–Trinajstić information content (AvgIpc) is 2.21. The summed E-state index contributed by atoms with van der Waals surface area (Å²) < 4.78 is 7.54. The van der Waals surface area contributed by atoms with Gasteiger partial charge in [0.1, 0.15) is 12.4 Å². The van der Waals surface area contributed by atoms with Crippen LogP contribution in [0.15, 0.2) is 39.8 Å². The molecule has 0 atom stereocenters. The Labute approximate surface area is 107 Å². The van der Waals surface area contributed by atoms with Gasteiger partial charge in [0.25, 0.3) is 0 Å². The summed E-state index contributed by atoms with van der Waals surface area (Å²) in [5.41, 5.74) is 0. The van der Waals surface area contributed by atoms with Gasteiger partial charge in [-0.15, -0.1) is 6.58 Å². The van der Waals surface area contributed by atoms with Gasteiger partial charge in [-0.2, -0.15) is 0 Å². The van der Waals surface area contributed by atoms with Gasteiger partial charge in [-0.3, -0.25) is 0 Å². The molecule has 1 rings (SSSR count). The van der Waals surface area contributed by atoms with E-state index >= 15 is 0 Å². The Morgan fingerprint density at radius 3 is 2.60 bits per heavy atom.